The van der Waals surface area contributed by atoms with Crippen LogP contribution in [0.1, 0.15) is 50.2 Å². The van der Waals surface area contributed by atoms with E-state index in [4.69, 9.17) is 5.73 Å². The molecule has 1 fully saturated rings. The maximum absolute atomic E-state index is 12.8. The van der Waals surface area contributed by atoms with Gasteiger partial charge in [0.15, 0.2) is 0 Å². The van der Waals surface area contributed by atoms with Crippen LogP contribution in [0.2, 0.25) is 0 Å². The molecule has 21 heavy (non-hydrogen) atoms. The van der Waals surface area contributed by atoms with Crippen LogP contribution in [-0.2, 0) is 22.3 Å². The van der Waals surface area contributed by atoms with E-state index < -0.39 is 10.0 Å². The normalized spacial score (nSPS) is 17.3. The lowest BCUT2D eigenvalue weighted by molar-refractivity contribution is 0.261. The number of nitrogens with two attached hydrogens (primary N) is 1. The molecule has 0 spiro atoms. The van der Waals surface area contributed by atoms with E-state index in [9.17, 15) is 8.42 Å². The summed E-state index contributed by atoms with van der Waals surface area (Å²) in [6.45, 7) is 2.86. The van der Waals surface area contributed by atoms with E-state index in [1.807, 2.05) is 31.2 Å². The Labute approximate surface area is 128 Å². The Balaban J connectivity index is 2.19. The quantitative estimate of drug-likeness (QED) is 0.878. The molecule has 1 aromatic carbocycles. The van der Waals surface area contributed by atoms with E-state index >= 15 is 0 Å². The highest BCUT2D eigenvalue weighted by atomic mass is 32.2. The Morgan fingerprint density at radius 1 is 1.14 bits per heavy atom. The van der Waals surface area contributed by atoms with E-state index in [0.717, 1.165) is 36.8 Å². The van der Waals surface area contributed by atoms with Gasteiger partial charge in [-0.1, -0.05) is 50.5 Å². The fourth-order valence-corrected chi connectivity index (χ4v) is 5.13. The second-order valence-corrected chi connectivity index (χ2v) is 7.65. The zero-order valence-electron chi connectivity index (χ0n) is 12.8. The molecule has 0 saturated heterocycles. The summed E-state index contributed by atoms with van der Waals surface area (Å²) in [7, 11) is -3.28. The van der Waals surface area contributed by atoms with E-state index in [1.165, 1.54) is 6.42 Å². The second kappa shape index (κ2) is 7.38. The molecule has 0 aromatic heterocycles. The van der Waals surface area contributed by atoms with Crippen molar-refractivity contribution in [3.63, 3.8) is 0 Å². The summed E-state index contributed by atoms with van der Waals surface area (Å²) >= 11 is 0. The number of rotatable bonds is 6. The summed E-state index contributed by atoms with van der Waals surface area (Å²) in [4.78, 5) is 0. The SMILES string of the molecule is CCN(C1CCCCC1)S(=O)(=O)Cc1ccccc1CN. The topological polar surface area (TPSA) is 63.4 Å². The van der Waals surface area contributed by atoms with Gasteiger partial charge in [0.25, 0.3) is 0 Å². The van der Waals surface area contributed by atoms with Gasteiger partial charge in [0.05, 0.1) is 5.75 Å². The summed E-state index contributed by atoms with van der Waals surface area (Å²) in [5.74, 6) is 0.0602. The third-order valence-electron chi connectivity index (χ3n) is 4.33. The molecule has 0 amide bonds. The zero-order valence-corrected chi connectivity index (χ0v) is 13.6. The van der Waals surface area contributed by atoms with Crippen LogP contribution in [0.3, 0.4) is 0 Å². The maximum Gasteiger partial charge on any atom is 0.218 e. The number of nitrogens with zero attached hydrogens (tertiary/aromatic N) is 1. The van der Waals surface area contributed by atoms with Gasteiger partial charge in [0.2, 0.25) is 10.0 Å². The van der Waals surface area contributed by atoms with Crippen molar-refractivity contribution in [1.82, 2.24) is 4.31 Å². The molecule has 0 heterocycles. The van der Waals surface area contributed by atoms with Crippen molar-refractivity contribution in [3.05, 3.63) is 35.4 Å². The molecule has 118 valence electrons. The van der Waals surface area contributed by atoms with Gasteiger partial charge < -0.3 is 5.73 Å². The Bertz CT molecular complexity index is 551. The summed E-state index contributed by atoms with van der Waals surface area (Å²) in [5.41, 5.74) is 7.46. The molecular weight excluding hydrogens is 284 g/mol. The minimum absolute atomic E-state index is 0.0602. The van der Waals surface area contributed by atoms with Gasteiger partial charge in [0, 0.05) is 19.1 Å². The molecule has 1 aliphatic rings. The lowest BCUT2D eigenvalue weighted by Crippen LogP contribution is -2.41. The van der Waals surface area contributed by atoms with Crippen LogP contribution in [0.25, 0.3) is 0 Å². The average Bonchev–Trinajstić information content (AvgIpc) is 2.49. The smallest absolute Gasteiger partial charge is 0.218 e. The second-order valence-electron chi connectivity index (χ2n) is 5.72. The van der Waals surface area contributed by atoms with E-state index in [0.29, 0.717) is 13.1 Å². The maximum atomic E-state index is 12.8. The van der Waals surface area contributed by atoms with E-state index in [1.54, 1.807) is 4.31 Å². The first-order chi connectivity index (χ1) is 10.1. The van der Waals surface area contributed by atoms with Gasteiger partial charge >= 0.3 is 0 Å². The fraction of sp³-hybridized carbons (Fsp3) is 0.625. The third kappa shape index (κ3) is 4.05. The number of hydrogen-bond acceptors (Lipinski definition) is 3. The number of sulfonamides is 1. The Hall–Kier alpha value is -0.910. The molecular formula is C16H26N2O2S. The molecule has 1 saturated carbocycles. The lowest BCUT2D eigenvalue weighted by atomic mass is 9.95. The molecule has 5 heteroatoms. The first-order valence-electron chi connectivity index (χ1n) is 7.85. The Morgan fingerprint density at radius 3 is 2.33 bits per heavy atom. The van der Waals surface area contributed by atoms with Crippen molar-refractivity contribution in [2.75, 3.05) is 6.54 Å². The minimum Gasteiger partial charge on any atom is -0.326 e. The van der Waals surface area contributed by atoms with Crippen molar-refractivity contribution in [2.45, 2.75) is 57.4 Å². The van der Waals surface area contributed by atoms with Crippen molar-refractivity contribution < 1.29 is 8.42 Å². The van der Waals surface area contributed by atoms with Crippen LogP contribution in [0, 0.1) is 0 Å². The van der Waals surface area contributed by atoms with Crippen molar-refractivity contribution in [1.29, 1.82) is 0 Å². The van der Waals surface area contributed by atoms with Crippen LogP contribution < -0.4 is 5.73 Å². The summed E-state index contributed by atoms with van der Waals surface area (Å²) in [5, 5.41) is 0. The average molecular weight is 310 g/mol. The zero-order chi connectivity index (χ0) is 15.3. The van der Waals surface area contributed by atoms with Gasteiger partial charge in [-0.25, -0.2) is 8.42 Å². The van der Waals surface area contributed by atoms with Crippen LogP contribution >= 0.6 is 0 Å². The molecule has 0 unspecified atom stereocenters. The van der Waals surface area contributed by atoms with Gasteiger partial charge in [-0.05, 0) is 24.0 Å². The van der Waals surface area contributed by atoms with Gasteiger partial charge in [-0.15, -0.1) is 0 Å². The molecule has 1 aromatic rings. The van der Waals surface area contributed by atoms with E-state index in [-0.39, 0.29) is 11.8 Å². The first kappa shape index (κ1) is 16.5. The largest absolute Gasteiger partial charge is 0.326 e. The molecule has 0 atom stereocenters. The first-order valence-corrected chi connectivity index (χ1v) is 9.45. The Morgan fingerprint density at radius 2 is 1.76 bits per heavy atom. The lowest BCUT2D eigenvalue weighted by Gasteiger charge is -2.32. The summed E-state index contributed by atoms with van der Waals surface area (Å²) in [6.07, 6.45) is 5.48. The molecule has 2 rings (SSSR count). The van der Waals surface area contributed by atoms with Crippen LogP contribution in [0.4, 0.5) is 0 Å². The molecule has 1 aliphatic carbocycles. The minimum atomic E-state index is -3.28. The molecule has 0 radical (unpaired) electrons. The highest BCUT2D eigenvalue weighted by molar-refractivity contribution is 7.88. The van der Waals surface area contributed by atoms with Crippen LogP contribution in [0.5, 0.6) is 0 Å². The highest BCUT2D eigenvalue weighted by Gasteiger charge is 2.30. The van der Waals surface area contributed by atoms with Crippen molar-refractivity contribution in [3.8, 4) is 0 Å². The molecule has 4 nitrogen and oxygen atoms in total. The summed E-state index contributed by atoms with van der Waals surface area (Å²) in [6, 6.07) is 7.73. The van der Waals surface area contributed by atoms with Gasteiger partial charge in [-0.2, -0.15) is 4.31 Å². The Kier molecular flexibility index (Phi) is 5.79. The standard InChI is InChI=1S/C16H26N2O2S/c1-2-18(16-10-4-3-5-11-16)21(19,20)13-15-9-7-6-8-14(15)12-17/h6-9,16H,2-5,10-13,17H2,1H3. The van der Waals surface area contributed by atoms with Crippen molar-refractivity contribution >= 4 is 10.0 Å². The fourth-order valence-electron chi connectivity index (χ4n) is 3.23. The van der Waals surface area contributed by atoms with E-state index in [2.05, 4.69) is 0 Å². The number of hydrogen-bond donors (Lipinski definition) is 1. The summed E-state index contributed by atoms with van der Waals surface area (Å²) < 4.78 is 27.3. The van der Waals surface area contributed by atoms with Crippen molar-refractivity contribution in [2.24, 2.45) is 5.73 Å². The van der Waals surface area contributed by atoms with Crippen LogP contribution in [0.15, 0.2) is 24.3 Å². The molecule has 0 aliphatic heterocycles. The highest BCUT2D eigenvalue weighted by Crippen LogP contribution is 2.26. The molecule has 2 N–H and O–H groups in total. The van der Waals surface area contributed by atoms with Gasteiger partial charge in [-0.3, -0.25) is 0 Å². The molecule has 0 bridgehead atoms. The number of benzene rings is 1. The monoisotopic (exact) mass is 310 g/mol. The predicted molar refractivity (Wildman–Crippen MR) is 86.2 cm³/mol. The van der Waals surface area contributed by atoms with Gasteiger partial charge in [0.1, 0.15) is 0 Å². The predicted octanol–water partition coefficient (Wildman–Crippen LogP) is 2.63. The third-order valence-corrected chi connectivity index (χ3v) is 6.27. The van der Waals surface area contributed by atoms with Crippen LogP contribution in [-0.4, -0.2) is 25.3 Å².